The second-order valence-electron chi connectivity index (χ2n) is 4.93. The minimum Gasteiger partial charge on any atom is -0.464 e. The topological polar surface area (TPSA) is 98.2 Å². The summed E-state index contributed by atoms with van der Waals surface area (Å²) in [5.74, 6) is 0.626. The molecule has 1 fully saturated rings. The Morgan fingerprint density at radius 2 is 2.21 bits per heavy atom. The molecule has 0 radical (unpaired) electrons. The van der Waals surface area contributed by atoms with Crippen LogP contribution in [0.1, 0.15) is 19.3 Å². The van der Waals surface area contributed by atoms with Gasteiger partial charge < -0.3 is 9.73 Å². The quantitative estimate of drug-likeness (QED) is 0.883. The van der Waals surface area contributed by atoms with Gasteiger partial charge in [-0.15, -0.1) is 0 Å². The fourth-order valence-corrected chi connectivity index (χ4v) is 3.54. The summed E-state index contributed by atoms with van der Waals surface area (Å²) in [6.07, 6.45) is 5.29. The normalized spacial score (nSPS) is 18.2. The van der Waals surface area contributed by atoms with Crippen LogP contribution in [-0.2, 0) is 10.0 Å². The number of fused-ring (bicyclic) bond motifs is 1. The summed E-state index contributed by atoms with van der Waals surface area (Å²) in [4.78, 5) is 4.22. The van der Waals surface area contributed by atoms with Crippen molar-refractivity contribution in [1.82, 2.24) is 4.98 Å². The van der Waals surface area contributed by atoms with E-state index in [1.165, 1.54) is 0 Å². The fourth-order valence-electron chi connectivity index (χ4n) is 2.41. The van der Waals surface area contributed by atoms with Crippen LogP contribution < -0.4 is 10.5 Å². The molecule has 2 aromatic heterocycles. The highest BCUT2D eigenvalue weighted by Crippen LogP contribution is 2.38. The second-order valence-corrected chi connectivity index (χ2v) is 6.88. The number of primary sulfonamides is 1. The lowest BCUT2D eigenvalue weighted by molar-refractivity contribution is 0.351. The summed E-state index contributed by atoms with van der Waals surface area (Å²) in [5, 5.41) is 9.26. The summed E-state index contributed by atoms with van der Waals surface area (Å²) < 4.78 is 27.8. The van der Waals surface area contributed by atoms with Crippen LogP contribution in [0.4, 0.5) is 5.82 Å². The van der Waals surface area contributed by atoms with Gasteiger partial charge in [0.25, 0.3) is 0 Å². The van der Waals surface area contributed by atoms with Crippen LogP contribution in [0.5, 0.6) is 0 Å². The Balaban J connectivity index is 1.85. The molecule has 6 nitrogen and oxygen atoms in total. The van der Waals surface area contributed by atoms with Gasteiger partial charge in [-0.3, -0.25) is 0 Å². The van der Waals surface area contributed by atoms with E-state index in [0.29, 0.717) is 18.7 Å². The van der Waals surface area contributed by atoms with Crippen molar-refractivity contribution in [3.63, 3.8) is 0 Å². The van der Waals surface area contributed by atoms with E-state index in [1.807, 2.05) is 0 Å². The zero-order valence-electron chi connectivity index (χ0n) is 10.3. The van der Waals surface area contributed by atoms with Crippen LogP contribution in [0.25, 0.3) is 11.0 Å². The first kappa shape index (κ1) is 12.4. The SMILES string of the molecule is NS(=O)(=O)C1(CNc2nccc3occc23)CCC1. The molecule has 19 heavy (non-hydrogen) atoms. The van der Waals surface area contributed by atoms with E-state index in [1.54, 1.807) is 24.6 Å². The zero-order valence-corrected chi connectivity index (χ0v) is 11.1. The van der Waals surface area contributed by atoms with Crippen molar-refractivity contribution in [3.05, 3.63) is 24.6 Å². The number of nitrogens with one attached hydrogen (secondary N) is 1. The van der Waals surface area contributed by atoms with E-state index in [4.69, 9.17) is 9.56 Å². The largest absolute Gasteiger partial charge is 0.464 e. The van der Waals surface area contributed by atoms with Gasteiger partial charge in [-0.1, -0.05) is 6.42 Å². The number of sulfonamides is 1. The van der Waals surface area contributed by atoms with Gasteiger partial charge in [-0.2, -0.15) is 0 Å². The van der Waals surface area contributed by atoms with Crippen molar-refractivity contribution in [2.45, 2.75) is 24.0 Å². The van der Waals surface area contributed by atoms with E-state index in [2.05, 4.69) is 10.3 Å². The Labute approximate surface area is 111 Å². The van der Waals surface area contributed by atoms with Crippen LogP contribution in [0.2, 0.25) is 0 Å². The molecular formula is C12H15N3O3S. The molecule has 1 saturated carbocycles. The summed E-state index contributed by atoms with van der Waals surface area (Å²) >= 11 is 0. The zero-order chi connectivity index (χ0) is 13.5. The molecule has 0 aromatic carbocycles. The molecule has 0 unspecified atom stereocenters. The Morgan fingerprint density at radius 1 is 1.42 bits per heavy atom. The third-order valence-corrected chi connectivity index (χ3v) is 5.59. The van der Waals surface area contributed by atoms with Gasteiger partial charge in [0.05, 0.1) is 11.6 Å². The van der Waals surface area contributed by atoms with E-state index >= 15 is 0 Å². The lowest BCUT2D eigenvalue weighted by Gasteiger charge is -2.39. The summed E-state index contributed by atoms with van der Waals surface area (Å²) in [7, 11) is -3.55. The highest BCUT2D eigenvalue weighted by Gasteiger charge is 2.47. The van der Waals surface area contributed by atoms with Crippen LogP contribution >= 0.6 is 0 Å². The molecule has 0 atom stereocenters. The van der Waals surface area contributed by atoms with E-state index in [9.17, 15) is 8.42 Å². The van der Waals surface area contributed by atoms with Crippen molar-refractivity contribution < 1.29 is 12.8 Å². The number of rotatable bonds is 4. The van der Waals surface area contributed by atoms with E-state index in [0.717, 1.165) is 17.4 Å². The summed E-state index contributed by atoms with van der Waals surface area (Å²) in [6.45, 7) is 0.281. The second kappa shape index (κ2) is 4.21. The van der Waals surface area contributed by atoms with Crippen LogP contribution in [0.3, 0.4) is 0 Å². The minimum absolute atomic E-state index is 0.281. The third-order valence-electron chi connectivity index (χ3n) is 3.83. The lowest BCUT2D eigenvalue weighted by Crippen LogP contribution is -2.53. The van der Waals surface area contributed by atoms with Gasteiger partial charge in [-0.05, 0) is 25.0 Å². The number of anilines is 1. The van der Waals surface area contributed by atoms with Gasteiger partial charge in [0.15, 0.2) is 0 Å². The Kier molecular flexibility index (Phi) is 2.75. The van der Waals surface area contributed by atoms with Crippen molar-refractivity contribution in [3.8, 4) is 0 Å². The van der Waals surface area contributed by atoms with Crippen molar-refractivity contribution in [2.75, 3.05) is 11.9 Å². The molecule has 3 rings (SSSR count). The summed E-state index contributed by atoms with van der Waals surface area (Å²) in [5.41, 5.74) is 0.718. The number of furan rings is 1. The van der Waals surface area contributed by atoms with Crippen molar-refractivity contribution >= 4 is 26.8 Å². The first-order chi connectivity index (χ1) is 9.02. The van der Waals surface area contributed by atoms with Gasteiger partial charge >= 0.3 is 0 Å². The van der Waals surface area contributed by atoms with E-state index < -0.39 is 14.8 Å². The average molecular weight is 281 g/mol. The van der Waals surface area contributed by atoms with Gasteiger partial charge in [0.2, 0.25) is 10.0 Å². The first-order valence-corrected chi connectivity index (χ1v) is 7.65. The number of nitrogens with two attached hydrogens (primary N) is 1. The van der Waals surface area contributed by atoms with Gasteiger partial charge in [0, 0.05) is 12.7 Å². The molecule has 0 spiro atoms. The molecule has 0 aliphatic heterocycles. The highest BCUT2D eigenvalue weighted by molar-refractivity contribution is 7.90. The average Bonchev–Trinajstić information content (AvgIpc) is 2.74. The predicted octanol–water partition coefficient (Wildman–Crippen LogP) is 1.45. The highest BCUT2D eigenvalue weighted by atomic mass is 32.2. The van der Waals surface area contributed by atoms with Crippen LogP contribution in [-0.4, -0.2) is 24.7 Å². The lowest BCUT2D eigenvalue weighted by atomic mass is 9.84. The number of pyridine rings is 1. The van der Waals surface area contributed by atoms with Crippen LogP contribution in [0.15, 0.2) is 29.0 Å². The predicted molar refractivity (Wildman–Crippen MR) is 72.2 cm³/mol. The van der Waals surface area contributed by atoms with Crippen LogP contribution in [0, 0.1) is 0 Å². The standard InChI is InChI=1S/C12H15N3O3S/c13-19(16,17)12(4-1-5-12)8-15-11-9-3-7-18-10(9)2-6-14-11/h2-3,6-7H,1,4-5,8H2,(H,14,15)(H2,13,16,17). The Morgan fingerprint density at radius 3 is 2.84 bits per heavy atom. The maximum Gasteiger partial charge on any atom is 0.216 e. The maximum absolute atomic E-state index is 11.7. The molecule has 0 saturated heterocycles. The Bertz CT molecular complexity index is 704. The van der Waals surface area contributed by atoms with Crippen molar-refractivity contribution in [2.24, 2.45) is 5.14 Å². The number of aromatic nitrogens is 1. The maximum atomic E-state index is 11.7. The van der Waals surface area contributed by atoms with Gasteiger partial charge in [-0.25, -0.2) is 18.5 Å². The number of nitrogens with zero attached hydrogens (tertiary/aromatic N) is 1. The monoisotopic (exact) mass is 281 g/mol. The van der Waals surface area contributed by atoms with E-state index in [-0.39, 0.29) is 6.54 Å². The molecule has 102 valence electrons. The molecule has 0 bridgehead atoms. The molecular weight excluding hydrogens is 266 g/mol. The third kappa shape index (κ3) is 1.98. The fraction of sp³-hybridized carbons (Fsp3) is 0.417. The molecule has 1 aliphatic rings. The number of hydrogen-bond donors (Lipinski definition) is 2. The molecule has 7 heteroatoms. The first-order valence-electron chi connectivity index (χ1n) is 6.10. The molecule has 2 aromatic rings. The van der Waals surface area contributed by atoms with Crippen molar-refractivity contribution in [1.29, 1.82) is 0 Å². The Hall–Kier alpha value is -1.60. The minimum atomic E-state index is -3.55. The summed E-state index contributed by atoms with van der Waals surface area (Å²) in [6, 6.07) is 3.56. The smallest absolute Gasteiger partial charge is 0.216 e. The molecule has 1 aliphatic carbocycles. The molecule has 2 heterocycles. The van der Waals surface area contributed by atoms with Gasteiger partial charge in [0.1, 0.15) is 16.1 Å². The molecule has 0 amide bonds. The molecule has 3 N–H and O–H groups in total. The number of hydrogen-bond acceptors (Lipinski definition) is 5.